The average Bonchev–Trinajstić information content (AvgIpc) is 2.54. The van der Waals surface area contributed by atoms with Crippen LogP contribution in [-0.4, -0.2) is 45.4 Å². The Morgan fingerprint density at radius 2 is 1.64 bits per heavy atom. The molecule has 8 heteroatoms. The maximum atomic E-state index is 12.7. The number of anilines is 1. The minimum absolute atomic E-state index is 0.0724. The third kappa shape index (κ3) is 2.78. The first-order valence-electron chi connectivity index (χ1n) is 7.48. The Labute approximate surface area is 141 Å². The second kappa shape index (κ2) is 5.90. The number of amides is 2. The lowest BCUT2D eigenvalue weighted by molar-refractivity contribution is -0.137. The fourth-order valence-electron chi connectivity index (χ4n) is 2.97. The first kappa shape index (κ1) is 16.4. The molecule has 0 aromatic heterocycles. The lowest BCUT2D eigenvalue weighted by Gasteiger charge is -2.27. The van der Waals surface area contributed by atoms with Gasteiger partial charge in [0.25, 0.3) is 11.8 Å². The molecule has 1 aliphatic rings. The Balaban J connectivity index is 2.15. The van der Waals surface area contributed by atoms with Gasteiger partial charge in [-0.3, -0.25) is 19.3 Å². The molecule has 3 rings (SSSR count). The first-order chi connectivity index (χ1) is 11.8. The lowest BCUT2D eigenvalue weighted by Crippen LogP contribution is -2.41. The van der Waals surface area contributed by atoms with Crippen LogP contribution in [0.1, 0.15) is 43.9 Å². The van der Waals surface area contributed by atoms with E-state index in [4.69, 9.17) is 10.8 Å². The molecule has 0 saturated carbocycles. The zero-order chi connectivity index (χ0) is 18.3. The van der Waals surface area contributed by atoms with Crippen molar-refractivity contribution < 1.29 is 29.4 Å². The maximum absolute atomic E-state index is 12.7. The molecule has 2 amide bonds. The van der Waals surface area contributed by atoms with E-state index < -0.39 is 23.8 Å². The molecular weight excluding hydrogens is 328 g/mol. The maximum Gasteiger partial charge on any atom is 0.335 e. The minimum Gasteiger partial charge on any atom is -0.481 e. The van der Waals surface area contributed by atoms with Gasteiger partial charge in [-0.05, 0) is 36.1 Å². The van der Waals surface area contributed by atoms with Crippen molar-refractivity contribution in [3.63, 3.8) is 0 Å². The quantitative estimate of drug-likeness (QED) is 0.554. The molecule has 0 fully saturated rings. The van der Waals surface area contributed by atoms with Crippen LogP contribution in [0.5, 0.6) is 0 Å². The van der Waals surface area contributed by atoms with Gasteiger partial charge in [-0.2, -0.15) is 0 Å². The summed E-state index contributed by atoms with van der Waals surface area (Å²) in [5.41, 5.74) is 6.28. The van der Waals surface area contributed by atoms with Crippen LogP contribution >= 0.6 is 0 Å². The van der Waals surface area contributed by atoms with Gasteiger partial charge in [0.15, 0.2) is 0 Å². The van der Waals surface area contributed by atoms with E-state index in [1.54, 1.807) is 0 Å². The molecule has 0 unspecified atom stereocenters. The Morgan fingerprint density at radius 3 is 2.24 bits per heavy atom. The normalized spacial score (nSPS) is 13.4. The predicted molar refractivity (Wildman–Crippen MR) is 87.6 cm³/mol. The molecule has 0 atom stereocenters. The number of benzene rings is 2. The molecule has 0 aliphatic carbocycles. The predicted octanol–water partition coefficient (Wildman–Crippen LogP) is 1.58. The molecule has 0 spiro atoms. The molecular formula is C17H14N2O6. The van der Waals surface area contributed by atoms with Crippen LogP contribution in [0.4, 0.5) is 5.69 Å². The Morgan fingerprint density at radius 1 is 1.00 bits per heavy atom. The topological polar surface area (TPSA) is 138 Å². The number of nitrogen functional groups attached to an aromatic ring is 1. The van der Waals surface area contributed by atoms with E-state index in [0.717, 1.165) is 4.90 Å². The molecule has 1 aliphatic heterocycles. The van der Waals surface area contributed by atoms with Gasteiger partial charge in [0.05, 0.1) is 11.1 Å². The molecule has 2 aromatic carbocycles. The van der Waals surface area contributed by atoms with Crippen LogP contribution in [-0.2, 0) is 4.79 Å². The molecule has 0 radical (unpaired) electrons. The van der Waals surface area contributed by atoms with Crippen molar-refractivity contribution in [3.05, 3.63) is 41.0 Å². The minimum atomic E-state index is -1.20. The number of carbonyl (C=O) groups excluding carboxylic acids is 2. The van der Waals surface area contributed by atoms with Crippen LogP contribution in [0, 0.1) is 0 Å². The number of hydrogen-bond acceptors (Lipinski definition) is 5. The van der Waals surface area contributed by atoms with Crippen molar-refractivity contribution in [1.82, 2.24) is 4.90 Å². The summed E-state index contributed by atoms with van der Waals surface area (Å²) in [6, 6.07) is 5.53. The molecule has 0 bridgehead atoms. The number of nitrogens with zero attached hydrogens (tertiary/aromatic N) is 1. The van der Waals surface area contributed by atoms with E-state index in [-0.39, 0.29) is 41.8 Å². The SMILES string of the molecule is Nc1cc2c3c(cc(C(=O)O)cc3c1)C(=O)N(CCCC(=O)O)C2=O. The number of aromatic carboxylic acids is 1. The zero-order valence-corrected chi connectivity index (χ0v) is 13.0. The van der Waals surface area contributed by atoms with Crippen molar-refractivity contribution in [3.8, 4) is 0 Å². The number of carboxylic acid groups (broad SMARTS) is 2. The number of imide groups is 1. The van der Waals surface area contributed by atoms with E-state index >= 15 is 0 Å². The number of rotatable bonds is 5. The van der Waals surface area contributed by atoms with Crippen LogP contribution in [0.25, 0.3) is 10.8 Å². The summed E-state index contributed by atoms with van der Waals surface area (Å²) >= 11 is 0. The van der Waals surface area contributed by atoms with Crippen molar-refractivity contribution in [2.24, 2.45) is 0 Å². The highest BCUT2D eigenvalue weighted by molar-refractivity contribution is 6.26. The van der Waals surface area contributed by atoms with Crippen LogP contribution < -0.4 is 5.73 Å². The van der Waals surface area contributed by atoms with E-state index in [9.17, 15) is 24.3 Å². The zero-order valence-electron chi connectivity index (χ0n) is 13.0. The van der Waals surface area contributed by atoms with Gasteiger partial charge in [-0.25, -0.2) is 4.79 Å². The molecule has 2 aromatic rings. The fourth-order valence-corrected chi connectivity index (χ4v) is 2.97. The molecule has 0 saturated heterocycles. The monoisotopic (exact) mass is 342 g/mol. The summed E-state index contributed by atoms with van der Waals surface area (Å²) < 4.78 is 0. The Hall–Kier alpha value is -3.42. The van der Waals surface area contributed by atoms with E-state index in [0.29, 0.717) is 10.8 Å². The average molecular weight is 342 g/mol. The third-order valence-corrected chi connectivity index (χ3v) is 4.04. The van der Waals surface area contributed by atoms with Gasteiger partial charge in [-0.15, -0.1) is 0 Å². The number of carbonyl (C=O) groups is 4. The number of nitrogens with two attached hydrogens (primary N) is 1. The second-order valence-corrected chi connectivity index (χ2v) is 5.75. The molecule has 25 heavy (non-hydrogen) atoms. The Bertz CT molecular complexity index is 950. The summed E-state index contributed by atoms with van der Waals surface area (Å²) in [5, 5.41) is 18.7. The summed E-state index contributed by atoms with van der Waals surface area (Å²) in [5.74, 6) is -3.44. The standard InChI is InChI=1S/C17H14N2O6/c18-10-5-8-4-9(17(24)25)6-11-14(8)12(7-10)16(23)19(15(11)22)3-1-2-13(20)21/h4-7H,1-3,18H2,(H,20,21)(H,24,25). The largest absolute Gasteiger partial charge is 0.481 e. The summed E-state index contributed by atoms with van der Waals surface area (Å²) in [4.78, 5) is 48.2. The molecule has 8 nitrogen and oxygen atoms in total. The number of hydrogen-bond donors (Lipinski definition) is 3. The summed E-state index contributed by atoms with van der Waals surface area (Å²) in [6.07, 6.45) is -0.0857. The third-order valence-electron chi connectivity index (χ3n) is 4.04. The van der Waals surface area contributed by atoms with Crippen molar-refractivity contribution >= 4 is 40.2 Å². The molecule has 1 heterocycles. The van der Waals surface area contributed by atoms with Gasteiger partial charge < -0.3 is 15.9 Å². The first-order valence-corrected chi connectivity index (χ1v) is 7.48. The van der Waals surface area contributed by atoms with Crippen molar-refractivity contribution in [2.75, 3.05) is 12.3 Å². The van der Waals surface area contributed by atoms with Crippen LogP contribution in [0.2, 0.25) is 0 Å². The van der Waals surface area contributed by atoms with Gasteiger partial charge in [0.2, 0.25) is 0 Å². The smallest absolute Gasteiger partial charge is 0.335 e. The van der Waals surface area contributed by atoms with Crippen molar-refractivity contribution in [2.45, 2.75) is 12.8 Å². The summed E-state index contributed by atoms with van der Waals surface area (Å²) in [7, 11) is 0. The van der Waals surface area contributed by atoms with E-state index in [1.807, 2.05) is 0 Å². The Kier molecular flexibility index (Phi) is 3.88. The lowest BCUT2D eigenvalue weighted by atomic mass is 9.91. The van der Waals surface area contributed by atoms with Gasteiger partial charge in [0, 0.05) is 29.6 Å². The van der Waals surface area contributed by atoms with E-state index in [1.165, 1.54) is 24.3 Å². The van der Waals surface area contributed by atoms with E-state index in [2.05, 4.69) is 0 Å². The van der Waals surface area contributed by atoms with Crippen LogP contribution in [0.3, 0.4) is 0 Å². The second-order valence-electron chi connectivity index (χ2n) is 5.75. The molecule has 128 valence electrons. The number of aliphatic carboxylic acids is 1. The highest BCUT2D eigenvalue weighted by Crippen LogP contribution is 2.33. The summed E-state index contributed by atoms with van der Waals surface area (Å²) in [6.45, 7) is -0.0724. The number of carboxylic acids is 2. The van der Waals surface area contributed by atoms with Gasteiger partial charge in [0.1, 0.15) is 0 Å². The molecule has 4 N–H and O–H groups in total. The highest BCUT2D eigenvalue weighted by Gasteiger charge is 2.33. The fraction of sp³-hybridized carbons (Fsp3) is 0.176. The van der Waals surface area contributed by atoms with Gasteiger partial charge in [-0.1, -0.05) is 0 Å². The van der Waals surface area contributed by atoms with Gasteiger partial charge >= 0.3 is 11.9 Å². The van der Waals surface area contributed by atoms with Crippen molar-refractivity contribution in [1.29, 1.82) is 0 Å². The highest BCUT2D eigenvalue weighted by atomic mass is 16.4. The van der Waals surface area contributed by atoms with Crippen LogP contribution in [0.15, 0.2) is 24.3 Å².